The highest BCUT2D eigenvalue weighted by Crippen LogP contribution is 2.38. The SMILES string of the molecule is COCCCCc1c(C(=O)N(CC(C)C)[C@H]2C[C@@H](C(=O)N3CCOCC3)CN(C(=O)O)C2C(C)(C)C)nnn1-c1ccc(F)cc1. The van der Waals surface area contributed by atoms with Crippen LogP contribution in [-0.2, 0) is 20.7 Å². The van der Waals surface area contributed by atoms with E-state index in [0.717, 1.165) is 6.42 Å². The number of carboxylic acid groups (broad SMARTS) is 1. The second kappa shape index (κ2) is 15.3. The maximum atomic E-state index is 14.8. The molecule has 254 valence electrons. The lowest BCUT2D eigenvalue weighted by atomic mass is 9.74. The number of likely N-dealkylation sites (tertiary alicyclic amines) is 1. The van der Waals surface area contributed by atoms with Crippen molar-refractivity contribution in [3.05, 3.63) is 41.5 Å². The summed E-state index contributed by atoms with van der Waals surface area (Å²) in [6.07, 6.45) is 1.11. The van der Waals surface area contributed by atoms with Gasteiger partial charge >= 0.3 is 6.09 Å². The molecule has 0 aliphatic carbocycles. The molecule has 1 aromatic heterocycles. The van der Waals surface area contributed by atoms with Crippen LogP contribution in [0.1, 0.15) is 70.1 Å². The first-order valence-electron chi connectivity index (χ1n) is 16.2. The number of hydrogen-bond donors (Lipinski definition) is 1. The first-order valence-corrected chi connectivity index (χ1v) is 16.2. The molecule has 0 radical (unpaired) electrons. The molecule has 2 saturated heterocycles. The quantitative estimate of drug-likeness (QED) is 0.362. The molecular weight excluding hydrogens is 595 g/mol. The molecule has 2 aliphatic heterocycles. The Bertz CT molecular complexity index is 1340. The molecule has 2 aliphatic rings. The van der Waals surface area contributed by atoms with E-state index < -0.39 is 29.5 Å². The lowest BCUT2D eigenvalue weighted by molar-refractivity contribution is -0.144. The third-order valence-corrected chi connectivity index (χ3v) is 8.72. The van der Waals surface area contributed by atoms with Crippen LogP contribution in [0.2, 0.25) is 0 Å². The minimum atomic E-state index is -1.12. The monoisotopic (exact) mass is 644 g/mol. The number of amides is 3. The predicted octanol–water partition coefficient (Wildman–Crippen LogP) is 4.12. The van der Waals surface area contributed by atoms with Crippen molar-refractivity contribution in [1.82, 2.24) is 29.7 Å². The number of benzene rings is 1. The van der Waals surface area contributed by atoms with E-state index in [1.165, 1.54) is 17.0 Å². The molecule has 0 spiro atoms. The van der Waals surface area contributed by atoms with Gasteiger partial charge in [-0.05, 0) is 61.3 Å². The largest absolute Gasteiger partial charge is 0.465 e. The number of halogens is 1. The van der Waals surface area contributed by atoms with Crippen molar-refractivity contribution in [1.29, 1.82) is 0 Å². The van der Waals surface area contributed by atoms with Gasteiger partial charge in [-0.15, -0.1) is 5.10 Å². The lowest BCUT2D eigenvalue weighted by Gasteiger charge is -2.52. The third-order valence-electron chi connectivity index (χ3n) is 8.72. The summed E-state index contributed by atoms with van der Waals surface area (Å²) in [6, 6.07) is 4.66. The molecule has 0 saturated carbocycles. The Kier molecular flexibility index (Phi) is 11.8. The van der Waals surface area contributed by atoms with E-state index in [4.69, 9.17) is 9.47 Å². The fraction of sp³-hybridized carbons (Fsp3) is 0.667. The van der Waals surface area contributed by atoms with Crippen LogP contribution in [0.5, 0.6) is 0 Å². The van der Waals surface area contributed by atoms with Crippen molar-refractivity contribution < 1.29 is 33.4 Å². The second-order valence-corrected chi connectivity index (χ2v) is 13.8. The van der Waals surface area contributed by atoms with Gasteiger partial charge in [-0.2, -0.15) is 0 Å². The van der Waals surface area contributed by atoms with Gasteiger partial charge in [0.25, 0.3) is 5.91 Å². The number of rotatable bonds is 11. The van der Waals surface area contributed by atoms with Crippen LogP contribution in [0.15, 0.2) is 24.3 Å². The molecule has 0 bridgehead atoms. The zero-order valence-corrected chi connectivity index (χ0v) is 27.9. The van der Waals surface area contributed by atoms with E-state index in [1.807, 2.05) is 34.6 Å². The number of aromatic nitrogens is 3. The predicted molar refractivity (Wildman–Crippen MR) is 169 cm³/mol. The number of carbonyl (C=O) groups is 3. The Morgan fingerprint density at radius 1 is 1.13 bits per heavy atom. The Hall–Kier alpha value is -3.58. The van der Waals surface area contributed by atoms with Gasteiger partial charge in [0.05, 0.1) is 42.6 Å². The minimum Gasteiger partial charge on any atom is -0.465 e. The molecule has 1 N–H and O–H groups in total. The van der Waals surface area contributed by atoms with E-state index >= 15 is 0 Å². The number of carbonyl (C=O) groups excluding carboxylic acids is 2. The molecule has 12 nitrogen and oxygen atoms in total. The van der Waals surface area contributed by atoms with Gasteiger partial charge in [-0.1, -0.05) is 39.8 Å². The molecule has 13 heteroatoms. The molecular formula is C33H49FN6O6. The van der Waals surface area contributed by atoms with Crippen LogP contribution in [0, 0.1) is 23.1 Å². The van der Waals surface area contributed by atoms with Gasteiger partial charge in [0, 0.05) is 39.9 Å². The summed E-state index contributed by atoms with van der Waals surface area (Å²) in [5, 5.41) is 19.2. The second-order valence-electron chi connectivity index (χ2n) is 13.8. The summed E-state index contributed by atoms with van der Waals surface area (Å²) in [5.41, 5.74) is 0.767. The minimum absolute atomic E-state index is 0.0375. The van der Waals surface area contributed by atoms with Crippen molar-refractivity contribution in [2.24, 2.45) is 17.3 Å². The van der Waals surface area contributed by atoms with E-state index in [-0.39, 0.29) is 35.8 Å². The van der Waals surface area contributed by atoms with E-state index in [2.05, 4.69) is 10.3 Å². The van der Waals surface area contributed by atoms with Crippen LogP contribution in [-0.4, -0.2) is 118 Å². The number of piperidine rings is 1. The Morgan fingerprint density at radius 3 is 2.39 bits per heavy atom. The Balaban J connectivity index is 1.78. The molecule has 2 aromatic rings. The summed E-state index contributed by atoms with van der Waals surface area (Å²) in [7, 11) is 1.64. The van der Waals surface area contributed by atoms with Crippen molar-refractivity contribution in [3.63, 3.8) is 0 Å². The topological polar surface area (TPSA) is 130 Å². The zero-order valence-electron chi connectivity index (χ0n) is 27.9. The third kappa shape index (κ3) is 8.22. The standard InChI is InChI=1S/C33H49FN6O6/c1-22(2)20-38(31(42)28-26(9-7-8-16-45-6)40(36-35-28)25-12-10-24(34)11-13-25)27-19-23(30(41)37-14-17-46-18-15-37)21-39(32(43)44)29(27)33(3,4)5/h10-13,22-23,27,29H,7-9,14-21H2,1-6H3,(H,43,44)/t23-,27+,29?/m1/s1. The molecule has 4 rings (SSSR count). The van der Waals surface area contributed by atoms with Crippen molar-refractivity contribution >= 4 is 17.9 Å². The first-order chi connectivity index (χ1) is 21.8. The zero-order chi connectivity index (χ0) is 33.6. The molecule has 46 heavy (non-hydrogen) atoms. The number of unbranched alkanes of at least 4 members (excludes halogenated alkanes) is 1. The van der Waals surface area contributed by atoms with Gasteiger partial charge in [-0.25, -0.2) is 13.9 Å². The van der Waals surface area contributed by atoms with Crippen molar-refractivity contribution in [2.75, 3.05) is 53.1 Å². The summed E-state index contributed by atoms with van der Waals surface area (Å²) in [4.78, 5) is 46.2. The summed E-state index contributed by atoms with van der Waals surface area (Å²) < 4.78 is 26.0. The highest BCUT2D eigenvalue weighted by atomic mass is 19.1. The van der Waals surface area contributed by atoms with Crippen molar-refractivity contribution in [2.45, 2.75) is 72.4 Å². The summed E-state index contributed by atoms with van der Waals surface area (Å²) in [6.45, 7) is 12.6. The first kappa shape index (κ1) is 35.3. The van der Waals surface area contributed by atoms with Crippen LogP contribution in [0.3, 0.4) is 0 Å². The van der Waals surface area contributed by atoms with Gasteiger partial charge in [-0.3, -0.25) is 9.59 Å². The number of nitrogens with zero attached hydrogens (tertiary/aromatic N) is 6. The van der Waals surface area contributed by atoms with E-state index in [0.29, 0.717) is 70.1 Å². The normalized spacial score (nSPS) is 20.7. The molecule has 2 fully saturated rings. The van der Waals surface area contributed by atoms with Crippen LogP contribution < -0.4 is 0 Å². The number of ether oxygens (including phenoxy) is 2. The van der Waals surface area contributed by atoms with E-state index in [9.17, 15) is 23.9 Å². The van der Waals surface area contributed by atoms with Gasteiger partial charge in [0.2, 0.25) is 5.91 Å². The van der Waals surface area contributed by atoms with Crippen LogP contribution in [0.4, 0.5) is 9.18 Å². The van der Waals surface area contributed by atoms with Crippen LogP contribution in [0.25, 0.3) is 5.69 Å². The molecule has 3 amide bonds. The number of methoxy groups -OCH3 is 1. The van der Waals surface area contributed by atoms with Crippen LogP contribution >= 0.6 is 0 Å². The fourth-order valence-electron chi connectivity index (χ4n) is 6.73. The Morgan fingerprint density at radius 2 is 1.80 bits per heavy atom. The molecule has 3 atom stereocenters. The smallest absolute Gasteiger partial charge is 0.407 e. The Labute approximate surface area is 270 Å². The van der Waals surface area contributed by atoms with E-state index in [1.54, 1.807) is 33.7 Å². The highest BCUT2D eigenvalue weighted by molar-refractivity contribution is 5.94. The van der Waals surface area contributed by atoms with Gasteiger partial charge < -0.3 is 29.3 Å². The molecule has 3 heterocycles. The molecule has 1 aromatic carbocycles. The average molecular weight is 645 g/mol. The van der Waals surface area contributed by atoms with Crippen molar-refractivity contribution in [3.8, 4) is 5.69 Å². The summed E-state index contributed by atoms with van der Waals surface area (Å²) in [5.74, 6) is -1.46. The lowest BCUT2D eigenvalue weighted by Crippen LogP contribution is -2.66. The summed E-state index contributed by atoms with van der Waals surface area (Å²) >= 11 is 0. The maximum absolute atomic E-state index is 14.8. The maximum Gasteiger partial charge on any atom is 0.407 e. The fourth-order valence-corrected chi connectivity index (χ4v) is 6.73. The van der Waals surface area contributed by atoms with Gasteiger partial charge in [0.1, 0.15) is 5.82 Å². The number of hydrogen-bond acceptors (Lipinski definition) is 7. The molecule has 1 unspecified atom stereocenters. The average Bonchev–Trinajstić information content (AvgIpc) is 3.44. The van der Waals surface area contributed by atoms with Gasteiger partial charge in [0.15, 0.2) is 5.69 Å². The highest BCUT2D eigenvalue weighted by Gasteiger charge is 2.50. The number of morpholine rings is 1.